The van der Waals surface area contributed by atoms with Gasteiger partial charge in [0.2, 0.25) is 0 Å². The third kappa shape index (κ3) is 0.798. The second-order valence-electron chi connectivity index (χ2n) is 4.22. The van der Waals surface area contributed by atoms with Gasteiger partial charge in [-0.2, -0.15) is 0 Å². The van der Waals surface area contributed by atoms with E-state index in [4.69, 9.17) is 5.73 Å². The molecule has 0 aliphatic heterocycles. The maximum Gasteiger partial charge on any atom is 0.0825 e. The fourth-order valence-corrected chi connectivity index (χ4v) is 2.85. The lowest BCUT2D eigenvalue weighted by Gasteiger charge is -2.48. The molecule has 1 atom stereocenters. The fraction of sp³-hybridized carbons (Fsp3) is 1.00. The summed E-state index contributed by atoms with van der Waals surface area (Å²) in [6.07, 6.45) is 7.03. The third-order valence-corrected chi connectivity index (χ3v) is 3.88. The van der Waals surface area contributed by atoms with Gasteiger partial charge in [-0.25, -0.2) is 0 Å². The topological polar surface area (TPSA) is 46.2 Å². The van der Waals surface area contributed by atoms with Crippen molar-refractivity contribution < 1.29 is 5.11 Å². The van der Waals surface area contributed by atoms with Gasteiger partial charge in [0.25, 0.3) is 0 Å². The van der Waals surface area contributed by atoms with Gasteiger partial charge in [-0.1, -0.05) is 6.42 Å². The summed E-state index contributed by atoms with van der Waals surface area (Å²) in [5.41, 5.74) is 5.36. The Balaban J connectivity index is 2.19. The molecule has 0 bridgehead atoms. The zero-order valence-corrected chi connectivity index (χ0v) is 6.97. The second-order valence-corrected chi connectivity index (χ2v) is 4.22. The van der Waals surface area contributed by atoms with E-state index in [2.05, 4.69) is 0 Å². The highest BCUT2D eigenvalue weighted by atomic mass is 16.3. The molecule has 0 heterocycles. The standard InChI is InChI=1S/C9H17NO/c10-7-9(11)6-2-5-8(9)3-1-4-8/h11H,1-7,10H2. The molecular formula is C9H17NO. The van der Waals surface area contributed by atoms with Crippen LogP contribution in [-0.2, 0) is 0 Å². The van der Waals surface area contributed by atoms with Crippen LogP contribution in [0.1, 0.15) is 38.5 Å². The normalized spacial score (nSPS) is 40.9. The Morgan fingerprint density at radius 2 is 1.64 bits per heavy atom. The van der Waals surface area contributed by atoms with E-state index in [-0.39, 0.29) is 5.41 Å². The van der Waals surface area contributed by atoms with E-state index < -0.39 is 5.60 Å². The van der Waals surface area contributed by atoms with Crippen molar-refractivity contribution in [1.82, 2.24) is 0 Å². The van der Waals surface area contributed by atoms with E-state index in [0.717, 1.165) is 6.42 Å². The van der Waals surface area contributed by atoms with Crippen LogP contribution >= 0.6 is 0 Å². The van der Waals surface area contributed by atoms with Crippen molar-refractivity contribution >= 4 is 0 Å². The molecule has 0 amide bonds. The smallest absolute Gasteiger partial charge is 0.0825 e. The third-order valence-electron chi connectivity index (χ3n) is 3.88. The lowest BCUT2D eigenvalue weighted by molar-refractivity contribution is -0.0968. The quantitative estimate of drug-likeness (QED) is 0.594. The SMILES string of the molecule is NCC1(O)CCCC12CCC2. The van der Waals surface area contributed by atoms with Gasteiger partial charge in [-0.3, -0.25) is 0 Å². The first-order valence-electron chi connectivity index (χ1n) is 4.65. The zero-order valence-electron chi connectivity index (χ0n) is 6.97. The van der Waals surface area contributed by atoms with Crippen molar-refractivity contribution in [2.45, 2.75) is 44.1 Å². The molecular weight excluding hydrogens is 138 g/mol. The molecule has 0 aromatic rings. The zero-order chi connectivity index (χ0) is 7.95. The van der Waals surface area contributed by atoms with Crippen molar-refractivity contribution in [2.24, 2.45) is 11.1 Å². The van der Waals surface area contributed by atoms with Crippen LogP contribution in [-0.4, -0.2) is 17.3 Å². The van der Waals surface area contributed by atoms with Crippen LogP contribution in [0.2, 0.25) is 0 Å². The Labute approximate surface area is 67.8 Å². The molecule has 11 heavy (non-hydrogen) atoms. The minimum absolute atomic E-state index is 0.252. The van der Waals surface area contributed by atoms with Crippen molar-refractivity contribution in [3.05, 3.63) is 0 Å². The summed E-state index contributed by atoms with van der Waals surface area (Å²) >= 11 is 0. The summed E-state index contributed by atoms with van der Waals surface area (Å²) < 4.78 is 0. The van der Waals surface area contributed by atoms with Crippen LogP contribution in [0.15, 0.2) is 0 Å². The highest BCUT2D eigenvalue weighted by Crippen LogP contribution is 2.58. The summed E-state index contributed by atoms with van der Waals surface area (Å²) in [4.78, 5) is 0. The predicted molar refractivity (Wildman–Crippen MR) is 44.1 cm³/mol. The lowest BCUT2D eigenvalue weighted by Crippen LogP contribution is -2.53. The van der Waals surface area contributed by atoms with Crippen molar-refractivity contribution in [1.29, 1.82) is 0 Å². The molecule has 1 unspecified atom stereocenters. The van der Waals surface area contributed by atoms with E-state index in [9.17, 15) is 5.11 Å². The molecule has 0 aromatic carbocycles. The minimum atomic E-state index is -0.495. The Hall–Kier alpha value is -0.0800. The van der Waals surface area contributed by atoms with Gasteiger partial charge in [0.05, 0.1) is 5.60 Å². The molecule has 2 heteroatoms. The number of hydrogen-bond donors (Lipinski definition) is 2. The average molecular weight is 155 g/mol. The largest absolute Gasteiger partial charge is 0.388 e. The Morgan fingerprint density at radius 1 is 1.09 bits per heavy atom. The van der Waals surface area contributed by atoms with Crippen LogP contribution in [0.3, 0.4) is 0 Å². The van der Waals surface area contributed by atoms with Crippen molar-refractivity contribution in [3.63, 3.8) is 0 Å². The van der Waals surface area contributed by atoms with Gasteiger partial charge in [-0.05, 0) is 32.1 Å². The first-order chi connectivity index (χ1) is 5.22. The summed E-state index contributed by atoms with van der Waals surface area (Å²) in [7, 11) is 0. The summed E-state index contributed by atoms with van der Waals surface area (Å²) in [5, 5.41) is 10.1. The Bertz CT molecular complexity index is 155. The van der Waals surface area contributed by atoms with E-state index in [1.807, 2.05) is 0 Å². The second kappa shape index (κ2) is 2.20. The molecule has 1 spiro atoms. The summed E-state index contributed by atoms with van der Waals surface area (Å²) in [6, 6.07) is 0. The highest BCUT2D eigenvalue weighted by molar-refractivity contribution is 5.08. The van der Waals surface area contributed by atoms with Crippen LogP contribution in [0, 0.1) is 5.41 Å². The number of rotatable bonds is 1. The number of nitrogens with two attached hydrogens (primary N) is 1. The van der Waals surface area contributed by atoms with Gasteiger partial charge in [-0.15, -0.1) is 0 Å². The molecule has 2 nitrogen and oxygen atoms in total. The van der Waals surface area contributed by atoms with Gasteiger partial charge < -0.3 is 10.8 Å². The molecule has 2 rings (SSSR count). The lowest BCUT2D eigenvalue weighted by atomic mass is 9.60. The van der Waals surface area contributed by atoms with Crippen LogP contribution < -0.4 is 5.73 Å². The monoisotopic (exact) mass is 155 g/mol. The Kier molecular flexibility index (Phi) is 1.52. The molecule has 3 N–H and O–H groups in total. The molecule has 0 aromatic heterocycles. The summed E-state index contributed by atoms with van der Waals surface area (Å²) in [5.74, 6) is 0. The van der Waals surface area contributed by atoms with Crippen molar-refractivity contribution in [2.75, 3.05) is 6.54 Å². The molecule has 0 saturated heterocycles. The fourth-order valence-electron chi connectivity index (χ4n) is 2.85. The first-order valence-corrected chi connectivity index (χ1v) is 4.65. The maximum atomic E-state index is 10.1. The average Bonchev–Trinajstić information content (AvgIpc) is 2.27. The van der Waals surface area contributed by atoms with E-state index in [1.165, 1.54) is 32.1 Å². The molecule has 2 aliphatic carbocycles. The van der Waals surface area contributed by atoms with E-state index in [0.29, 0.717) is 6.54 Å². The molecule has 0 radical (unpaired) electrons. The highest BCUT2D eigenvalue weighted by Gasteiger charge is 2.55. The first kappa shape index (κ1) is 7.56. The molecule has 64 valence electrons. The molecule has 2 aliphatic rings. The number of aliphatic hydroxyl groups is 1. The van der Waals surface area contributed by atoms with Crippen LogP contribution in [0.4, 0.5) is 0 Å². The molecule has 2 fully saturated rings. The van der Waals surface area contributed by atoms with Gasteiger partial charge in [0.1, 0.15) is 0 Å². The van der Waals surface area contributed by atoms with Gasteiger partial charge in [0.15, 0.2) is 0 Å². The summed E-state index contributed by atoms with van der Waals surface area (Å²) in [6.45, 7) is 0.465. The number of hydrogen-bond acceptors (Lipinski definition) is 2. The minimum Gasteiger partial charge on any atom is -0.388 e. The van der Waals surface area contributed by atoms with Crippen molar-refractivity contribution in [3.8, 4) is 0 Å². The van der Waals surface area contributed by atoms with E-state index in [1.54, 1.807) is 0 Å². The molecule has 2 saturated carbocycles. The van der Waals surface area contributed by atoms with Crippen LogP contribution in [0.5, 0.6) is 0 Å². The van der Waals surface area contributed by atoms with E-state index >= 15 is 0 Å². The Morgan fingerprint density at radius 3 is 2.00 bits per heavy atom. The van der Waals surface area contributed by atoms with Crippen LogP contribution in [0.25, 0.3) is 0 Å². The van der Waals surface area contributed by atoms with Gasteiger partial charge >= 0.3 is 0 Å². The predicted octanol–water partition coefficient (Wildman–Crippen LogP) is 1.03. The van der Waals surface area contributed by atoms with Gasteiger partial charge in [0, 0.05) is 12.0 Å². The maximum absolute atomic E-state index is 10.1.